The van der Waals surface area contributed by atoms with Crippen molar-refractivity contribution < 1.29 is 18.9 Å². The Morgan fingerprint density at radius 1 is 1.00 bits per heavy atom. The van der Waals surface area contributed by atoms with Crippen LogP contribution in [0, 0.1) is 0 Å². The van der Waals surface area contributed by atoms with Crippen LogP contribution in [0.1, 0.15) is 0 Å². The molecule has 0 saturated heterocycles. The van der Waals surface area contributed by atoms with Crippen LogP contribution >= 0.6 is 0 Å². The lowest BCUT2D eigenvalue weighted by atomic mass is 10.1. The predicted molar refractivity (Wildman–Crippen MR) is 84.3 cm³/mol. The molecule has 0 unspecified atom stereocenters. The summed E-state index contributed by atoms with van der Waals surface area (Å²) in [5.41, 5.74) is 8.26. The van der Waals surface area contributed by atoms with Gasteiger partial charge in [-0.2, -0.15) is 0 Å². The molecule has 0 atom stereocenters. The molecule has 0 radical (unpaired) electrons. The smallest absolute Gasteiger partial charge is 0.205 e. The monoisotopic (exact) mass is 300 g/mol. The molecule has 2 heterocycles. The summed E-state index contributed by atoms with van der Waals surface area (Å²) in [6.45, 7) is 1.01. The minimum atomic E-state index is 0.504. The summed E-state index contributed by atoms with van der Waals surface area (Å²) in [6, 6.07) is 5.73. The van der Waals surface area contributed by atoms with Gasteiger partial charge in [0, 0.05) is 10.8 Å². The van der Waals surface area contributed by atoms with Crippen molar-refractivity contribution in [3.63, 3.8) is 0 Å². The van der Waals surface area contributed by atoms with E-state index in [9.17, 15) is 0 Å². The molecule has 6 nitrogen and oxygen atoms in total. The number of methoxy groups -OCH3 is 2. The standard InChI is InChI=1S/C16H16N2O4/c1-19-11-7-9-8-3-4-10(17)14(20-2)12(8)18-13(9)16-15(11)21-5-6-22-16/h3-4,7,18H,5-6,17H2,1-2H3. The first-order valence-corrected chi connectivity index (χ1v) is 6.99. The molecule has 4 rings (SSSR count). The lowest BCUT2D eigenvalue weighted by Gasteiger charge is -2.21. The lowest BCUT2D eigenvalue weighted by molar-refractivity contribution is 0.167. The van der Waals surface area contributed by atoms with Crippen molar-refractivity contribution in [3.8, 4) is 23.0 Å². The van der Waals surface area contributed by atoms with Gasteiger partial charge in [-0.25, -0.2) is 0 Å². The molecule has 0 aliphatic carbocycles. The average molecular weight is 300 g/mol. The fraction of sp³-hybridized carbons (Fsp3) is 0.250. The molecule has 1 aliphatic heterocycles. The molecule has 0 bridgehead atoms. The van der Waals surface area contributed by atoms with Gasteiger partial charge in [0.1, 0.15) is 13.2 Å². The van der Waals surface area contributed by atoms with Crippen LogP contribution in [-0.2, 0) is 0 Å². The fourth-order valence-corrected chi connectivity index (χ4v) is 2.96. The first-order chi connectivity index (χ1) is 10.7. The van der Waals surface area contributed by atoms with E-state index in [2.05, 4.69) is 4.98 Å². The Morgan fingerprint density at radius 2 is 1.77 bits per heavy atom. The summed E-state index contributed by atoms with van der Waals surface area (Å²) in [5.74, 6) is 2.56. The van der Waals surface area contributed by atoms with E-state index < -0.39 is 0 Å². The van der Waals surface area contributed by atoms with Gasteiger partial charge in [-0.3, -0.25) is 0 Å². The van der Waals surface area contributed by atoms with Gasteiger partial charge < -0.3 is 29.7 Å². The van der Waals surface area contributed by atoms with Crippen molar-refractivity contribution in [1.82, 2.24) is 4.98 Å². The summed E-state index contributed by atoms with van der Waals surface area (Å²) in [5, 5.41) is 1.98. The number of ether oxygens (including phenoxy) is 4. The number of nitrogens with two attached hydrogens (primary N) is 1. The maximum absolute atomic E-state index is 5.99. The second kappa shape index (κ2) is 4.62. The highest BCUT2D eigenvalue weighted by atomic mass is 16.6. The molecule has 6 heteroatoms. The summed E-state index contributed by atoms with van der Waals surface area (Å²) in [7, 11) is 3.22. The first-order valence-electron chi connectivity index (χ1n) is 6.99. The number of nitrogens with one attached hydrogen (secondary N) is 1. The Hall–Kier alpha value is -2.76. The van der Waals surface area contributed by atoms with Crippen LogP contribution in [0.5, 0.6) is 23.0 Å². The Kier molecular flexibility index (Phi) is 2.72. The molecule has 114 valence electrons. The number of nitrogen functional groups attached to an aromatic ring is 1. The van der Waals surface area contributed by atoms with Crippen LogP contribution in [-0.4, -0.2) is 32.4 Å². The van der Waals surface area contributed by atoms with Crippen molar-refractivity contribution in [2.24, 2.45) is 0 Å². The summed E-state index contributed by atoms with van der Waals surface area (Å²) < 4.78 is 22.4. The van der Waals surface area contributed by atoms with Gasteiger partial charge >= 0.3 is 0 Å². The summed E-state index contributed by atoms with van der Waals surface area (Å²) >= 11 is 0. The molecule has 1 aliphatic rings. The van der Waals surface area contributed by atoms with E-state index >= 15 is 0 Å². The molecule has 2 aromatic carbocycles. The van der Waals surface area contributed by atoms with Crippen LogP contribution in [0.25, 0.3) is 21.8 Å². The second-order valence-electron chi connectivity index (χ2n) is 5.09. The Balaban J connectivity index is 2.15. The highest BCUT2D eigenvalue weighted by Gasteiger charge is 2.24. The van der Waals surface area contributed by atoms with E-state index in [-0.39, 0.29) is 0 Å². The largest absolute Gasteiger partial charge is 0.493 e. The molecule has 3 N–H and O–H groups in total. The maximum atomic E-state index is 5.99. The number of hydrogen-bond donors (Lipinski definition) is 2. The first kappa shape index (κ1) is 12.9. The number of benzene rings is 2. The molecule has 22 heavy (non-hydrogen) atoms. The number of hydrogen-bond acceptors (Lipinski definition) is 5. The van der Waals surface area contributed by atoms with E-state index in [4.69, 9.17) is 24.7 Å². The number of rotatable bonds is 2. The second-order valence-corrected chi connectivity index (χ2v) is 5.09. The van der Waals surface area contributed by atoms with Crippen LogP contribution < -0.4 is 24.7 Å². The summed E-state index contributed by atoms with van der Waals surface area (Å²) in [6.07, 6.45) is 0. The number of H-pyrrole nitrogens is 1. The van der Waals surface area contributed by atoms with E-state index in [0.29, 0.717) is 41.9 Å². The molecular formula is C16H16N2O4. The molecule has 3 aromatic rings. The highest BCUT2D eigenvalue weighted by molar-refractivity contribution is 6.13. The van der Waals surface area contributed by atoms with Crippen molar-refractivity contribution in [2.45, 2.75) is 0 Å². The lowest BCUT2D eigenvalue weighted by Crippen LogP contribution is -2.16. The molecule has 0 saturated carbocycles. The normalized spacial score (nSPS) is 13.5. The third-order valence-corrected chi connectivity index (χ3v) is 3.93. The van der Waals surface area contributed by atoms with Gasteiger partial charge in [0.25, 0.3) is 0 Å². The molecule has 0 spiro atoms. The van der Waals surface area contributed by atoms with Crippen LogP contribution in [0.2, 0.25) is 0 Å². The fourth-order valence-electron chi connectivity index (χ4n) is 2.96. The van der Waals surface area contributed by atoms with E-state index in [0.717, 1.165) is 21.8 Å². The van der Waals surface area contributed by atoms with Crippen LogP contribution in [0.3, 0.4) is 0 Å². The van der Waals surface area contributed by atoms with E-state index in [1.807, 2.05) is 18.2 Å². The molecule has 0 fully saturated rings. The summed E-state index contributed by atoms with van der Waals surface area (Å²) in [4.78, 5) is 3.35. The topological polar surface area (TPSA) is 78.7 Å². The van der Waals surface area contributed by atoms with Gasteiger partial charge in [-0.1, -0.05) is 0 Å². The minimum absolute atomic E-state index is 0.504. The minimum Gasteiger partial charge on any atom is -0.493 e. The number of aromatic amines is 1. The molecule has 0 amide bonds. The Morgan fingerprint density at radius 3 is 2.50 bits per heavy atom. The number of fused-ring (bicyclic) bond motifs is 5. The maximum Gasteiger partial charge on any atom is 0.205 e. The zero-order valence-corrected chi connectivity index (χ0v) is 12.4. The van der Waals surface area contributed by atoms with Gasteiger partial charge in [0.05, 0.1) is 30.9 Å². The van der Waals surface area contributed by atoms with Crippen LogP contribution in [0.15, 0.2) is 18.2 Å². The zero-order chi connectivity index (χ0) is 15.3. The predicted octanol–water partition coefficient (Wildman–Crippen LogP) is 2.69. The quantitative estimate of drug-likeness (QED) is 0.711. The number of anilines is 1. The number of aromatic nitrogens is 1. The third-order valence-electron chi connectivity index (χ3n) is 3.93. The molecule has 1 aromatic heterocycles. The van der Waals surface area contributed by atoms with Crippen molar-refractivity contribution in [1.29, 1.82) is 0 Å². The van der Waals surface area contributed by atoms with Crippen molar-refractivity contribution in [2.75, 3.05) is 33.2 Å². The van der Waals surface area contributed by atoms with Gasteiger partial charge in [0.15, 0.2) is 17.2 Å². The Labute approximate surface area is 126 Å². The highest BCUT2D eigenvalue weighted by Crippen LogP contribution is 2.48. The van der Waals surface area contributed by atoms with Crippen molar-refractivity contribution >= 4 is 27.5 Å². The zero-order valence-electron chi connectivity index (χ0n) is 12.4. The molecular weight excluding hydrogens is 284 g/mol. The van der Waals surface area contributed by atoms with Crippen molar-refractivity contribution in [3.05, 3.63) is 18.2 Å². The average Bonchev–Trinajstić information content (AvgIpc) is 2.92. The van der Waals surface area contributed by atoms with Gasteiger partial charge in [0.2, 0.25) is 5.75 Å². The van der Waals surface area contributed by atoms with Gasteiger partial charge in [-0.15, -0.1) is 0 Å². The SMILES string of the molecule is COc1cc2c([nH]c3c(OC)c(N)ccc32)c2c1OCCO2. The third kappa shape index (κ3) is 1.60. The van der Waals surface area contributed by atoms with Gasteiger partial charge in [-0.05, 0) is 18.2 Å². The van der Waals surface area contributed by atoms with Crippen LogP contribution in [0.4, 0.5) is 5.69 Å². The Bertz CT molecular complexity index is 885. The van der Waals surface area contributed by atoms with E-state index in [1.54, 1.807) is 14.2 Å². The van der Waals surface area contributed by atoms with E-state index in [1.165, 1.54) is 0 Å².